The van der Waals surface area contributed by atoms with E-state index >= 15 is 0 Å². The molecule has 0 atom stereocenters. The van der Waals surface area contributed by atoms with Crippen LogP contribution in [-0.2, 0) is 4.74 Å². The first-order valence-corrected chi connectivity index (χ1v) is 9.91. The molecular formula is C22H23ClO7. The van der Waals surface area contributed by atoms with Crippen LogP contribution in [0.5, 0.6) is 23.0 Å². The van der Waals surface area contributed by atoms with Crippen molar-refractivity contribution in [1.29, 1.82) is 0 Å². The Balaban J connectivity index is 1.69. The van der Waals surface area contributed by atoms with Crippen LogP contribution >= 0.6 is 11.6 Å². The molecule has 0 N–H and O–H groups in total. The van der Waals surface area contributed by atoms with Crippen molar-refractivity contribution in [1.82, 2.24) is 0 Å². The molecule has 0 spiro atoms. The number of hydrogen-bond acceptors (Lipinski definition) is 7. The van der Waals surface area contributed by atoms with Gasteiger partial charge in [0.15, 0.2) is 35.4 Å². The molecular weight excluding hydrogens is 412 g/mol. The second-order valence-electron chi connectivity index (χ2n) is 6.87. The van der Waals surface area contributed by atoms with E-state index in [4.69, 9.17) is 35.3 Å². The Bertz CT molecular complexity index is 939. The van der Waals surface area contributed by atoms with Gasteiger partial charge in [-0.05, 0) is 44.2 Å². The van der Waals surface area contributed by atoms with Gasteiger partial charge in [0.05, 0.1) is 37.0 Å². The fourth-order valence-electron chi connectivity index (χ4n) is 2.82. The van der Waals surface area contributed by atoms with Crippen LogP contribution in [0.2, 0.25) is 5.02 Å². The molecule has 0 amide bonds. The van der Waals surface area contributed by atoms with Gasteiger partial charge >= 0.3 is 5.97 Å². The van der Waals surface area contributed by atoms with E-state index in [9.17, 15) is 9.59 Å². The van der Waals surface area contributed by atoms with Gasteiger partial charge < -0.3 is 23.7 Å². The number of fused-ring (bicyclic) bond motifs is 1. The lowest BCUT2D eigenvalue weighted by molar-refractivity contribution is 0.0474. The third-order valence-corrected chi connectivity index (χ3v) is 4.50. The van der Waals surface area contributed by atoms with E-state index < -0.39 is 12.6 Å². The van der Waals surface area contributed by atoms with Crippen LogP contribution in [0.15, 0.2) is 30.3 Å². The summed E-state index contributed by atoms with van der Waals surface area (Å²) in [5.74, 6) is 0.672. The number of methoxy groups -OCH3 is 1. The predicted molar refractivity (Wildman–Crippen MR) is 110 cm³/mol. The molecule has 8 heteroatoms. The molecule has 0 saturated heterocycles. The summed E-state index contributed by atoms with van der Waals surface area (Å²) in [5.41, 5.74) is 0.516. The second kappa shape index (κ2) is 9.71. The molecule has 30 heavy (non-hydrogen) atoms. The van der Waals surface area contributed by atoms with E-state index in [0.717, 1.165) is 6.42 Å². The van der Waals surface area contributed by atoms with Crippen molar-refractivity contribution in [2.45, 2.75) is 26.4 Å². The molecule has 2 aromatic rings. The number of Topliss-reactive ketones (excluding diaryl/α,β-unsaturated/α-hetero) is 1. The summed E-state index contributed by atoms with van der Waals surface area (Å²) >= 11 is 6.24. The van der Waals surface area contributed by atoms with Crippen molar-refractivity contribution < 1.29 is 33.3 Å². The van der Waals surface area contributed by atoms with Crippen LogP contribution in [-0.4, -0.2) is 44.8 Å². The number of carbonyl (C=O) groups is 2. The molecule has 0 saturated carbocycles. The third-order valence-electron chi connectivity index (χ3n) is 4.22. The molecule has 1 aliphatic heterocycles. The maximum atomic E-state index is 12.5. The van der Waals surface area contributed by atoms with Crippen LogP contribution in [0, 0.1) is 0 Å². The largest absolute Gasteiger partial charge is 0.493 e. The first-order chi connectivity index (χ1) is 14.4. The topological polar surface area (TPSA) is 80.3 Å². The summed E-state index contributed by atoms with van der Waals surface area (Å²) in [6.45, 7) is 4.35. The van der Waals surface area contributed by atoms with Crippen LogP contribution in [0.4, 0.5) is 0 Å². The zero-order valence-corrected chi connectivity index (χ0v) is 17.8. The van der Waals surface area contributed by atoms with Crippen molar-refractivity contribution in [3.8, 4) is 23.0 Å². The minimum atomic E-state index is -0.700. The predicted octanol–water partition coefficient (Wildman–Crippen LogP) is 4.34. The Morgan fingerprint density at radius 3 is 2.50 bits per heavy atom. The molecule has 0 radical (unpaired) electrons. The lowest BCUT2D eigenvalue weighted by Gasteiger charge is -2.16. The molecule has 3 rings (SSSR count). The minimum absolute atomic E-state index is 0.123. The Hall–Kier alpha value is -2.93. The summed E-state index contributed by atoms with van der Waals surface area (Å²) in [5, 5.41) is 0.212. The molecule has 0 fully saturated rings. The highest BCUT2D eigenvalue weighted by molar-refractivity contribution is 6.32. The van der Waals surface area contributed by atoms with Crippen molar-refractivity contribution in [3.05, 3.63) is 46.5 Å². The van der Waals surface area contributed by atoms with Gasteiger partial charge in [-0.15, -0.1) is 0 Å². The minimum Gasteiger partial charge on any atom is -0.493 e. The lowest BCUT2D eigenvalue weighted by atomic mass is 10.1. The van der Waals surface area contributed by atoms with Gasteiger partial charge in [0.25, 0.3) is 0 Å². The molecule has 0 bridgehead atoms. The molecule has 0 aliphatic carbocycles. The number of benzene rings is 2. The van der Waals surface area contributed by atoms with Crippen LogP contribution < -0.4 is 18.9 Å². The number of rotatable bonds is 7. The van der Waals surface area contributed by atoms with Crippen molar-refractivity contribution in [3.63, 3.8) is 0 Å². The first-order valence-electron chi connectivity index (χ1n) is 9.53. The highest BCUT2D eigenvalue weighted by Crippen LogP contribution is 2.37. The van der Waals surface area contributed by atoms with Gasteiger partial charge in [0.1, 0.15) is 0 Å². The number of ketones is 1. The smallest absolute Gasteiger partial charge is 0.338 e. The average molecular weight is 435 g/mol. The molecule has 2 aromatic carbocycles. The van der Waals surface area contributed by atoms with E-state index in [2.05, 4.69) is 0 Å². The number of halogens is 1. The molecule has 1 heterocycles. The summed E-state index contributed by atoms with van der Waals surface area (Å²) in [6.07, 6.45) is 0.643. The van der Waals surface area contributed by atoms with Crippen molar-refractivity contribution in [2.75, 3.05) is 26.9 Å². The van der Waals surface area contributed by atoms with Gasteiger partial charge in [0.2, 0.25) is 0 Å². The Morgan fingerprint density at radius 2 is 1.80 bits per heavy atom. The zero-order valence-electron chi connectivity index (χ0n) is 17.0. The van der Waals surface area contributed by atoms with Gasteiger partial charge in [-0.3, -0.25) is 4.79 Å². The Labute approximate surface area is 179 Å². The summed E-state index contributed by atoms with van der Waals surface area (Å²) < 4.78 is 27.2. The van der Waals surface area contributed by atoms with Gasteiger partial charge in [-0.1, -0.05) is 11.6 Å². The zero-order chi connectivity index (χ0) is 21.7. The lowest BCUT2D eigenvalue weighted by Crippen LogP contribution is -2.15. The third kappa shape index (κ3) is 5.16. The van der Waals surface area contributed by atoms with Crippen LogP contribution in [0.3, 0.4) is 0 Å². The molecule has 0 aromatic heterocycles. The first kappa shape index (κ1) is 21.8. The fraction of sp³-hybridized carbons (Fsp3) is 0.364. The summed E-state index contributed by atoms with van der Waals surface area (Å²) in [6, 6.07) is 7.76. The molecule has 160 valence electrons. The maximum absolute atomic E-state index is 12.5. The van der Waals surface area contributed by atoms with Gasteiger partial charge in [-0.25, -0.2) is 4.79 Å². The highest BCUT2D eigenvalue weighted by atomic mass is 35.5. The van der Waals surface area contributed by atoms with E-state index in [1.54, 1.807) is 18.2 Å². The number of ether oxygens (including phenoxy) is 5. The summed E-state index contributed by atoms with van der Waals surface area (Å²) in [7, 11) is 1.45. The molecule has 0 unspecified atom stereocenters. The number of carbonyl (C=O) groups excluding carboxylic acids is 2. The Morgan fingerprint density at radius 1 is 1.07 bits per heavy atom. The normalized spacial score (nSPS) is 12.8. The standard InChI is InChI=1S/C22H23ClO7/c1-13(2)30-21-16(23)9-15(11-20(21)26-3)22(25)29-12-17(24)14-5-6-18-19(10-14)28-8-4-7-27-18/h5-6,9-11,13H,4,7-8,12H2,1-3H3. The summed E-state index contributed by atoms with van der Waals surface area (Å²) in [4.78, 5) is 24.9. The van der Waals surface area contributed by atoms with E-state index in [0.29, 0.717) is 41.8 Å². The van der Waals surface area contributed by atoms with E-state index in [1.807, 2.05) is 13.8 Å². The van der Waals surface area contributed by atoms with Crippen molar-refractivity contribution >= 4 is 23.4 Å². The second-order valence-corrected chi connectivity index (χ2v) is 7.27. The van der Waals surface area contributed by atoms with Gasteiger partial charge in [-0.2, -0.15) is 0 Å². The number of hydrogen-bond donors (Lipinski definition) is 0. The number of esters is 1. The monoisotopic (exact) mass is 434 g/mol. The fourth-order valence-corrected chi connectivity index (χ4v) is 3.08. The maximum Gasteiger partial charge on any atom is 0.338 e. The molecule has 7 nitrogen and oxygen atoms in total. The van der Waals surface area contributed by atoms with Gasteiger partial charge in [0, 0.05) is 12.0 Å². The average Bonchev–Trinajstić information content (AvgIpc) is 2.97. The van der Waals surface area contributed by atoms with E-state index in [-0.39, 0.29) is 22.5 Å². The van der Waals surface area contributed by atoms with Crippen LogP contribution in [0.25, 0.3) is 0 Å². The van der Waals surface area contributed by atoms with Crippen LogP contribution in [0.1, 0.15) is 41.0 Å². The molecule has 1 aliphatic rings. The van der Waals surface area contributed by atoms with E-state index in [1.165, 1.54) is 19.2 Å². The quantitative estimate of drug-likeness (QED) is 0.473. The SMILES string of the molecule is COc1cc(C(=O)OCC(=O)c2ccc3c(c2)OCCCO3)cc(Cl)c1OC(C)C. The van der Waals surface area contributed by atoms with Crippen molar-refractivity contribution in [2.24, 2.45) is 0 Å². The Kier molecular flexibility index (Phi) is 7.05. The highest BCUT2D eigenvalue weighted by Gasteiger charge is 2.20.